The molecule has 1 atom stereocenters. The summed E-state index contributed by atoms with van der Waals surface area (Å²) in [5.74, 6) is 0.752. The summed E-state index contributed by atoms with van der Waals surface area (Å²) in [7, 11) is 0. The first-order valence-corrected chi connectivity index (χ1v) is 8.33. The molecular formula is C16H27N5O2. The molecule has 7 nitrogen and oxygen atoms in total. The van der Waals surface area contributed by atoms with Crippen LogP contribution in [0, 0.1) is 11.8 Å². The molecule has 23 heavy (non-hydrogen) atoms. The minimum absolute atomic E-state index is 0.0456. The molecule has 1 aliphatic rings. The molecule has 0 aromatic carbocycles. The largest absolute Gasteiger partial charge is 0.355 e. The van der Waals surface area contributed by atoms with Gasteiger partial charge in [-0.1, -0.05) is 32.9 Å². The van der Waals surface area contributed by atoms with Crippen molar-refractivity contribution in [1.29, 1.82) is 0 Å². The van der Waals surface area contributed by atoms with E-state index in [1.54, 1.807) is 15.8 Å². The normalized spacial score (nSPS) is 17.7. The number of aromatic nitrogens is 3. The Kier molecular flexibility index (Phi) is 5.74. The second kappa shape index (κ2) is 7.57. The lowest BCUT2D eigenvalue weighted by atomic mass is 10.0. The molecule has 0 unspecified atom stereocenters. The molecule has 1 aromatic heterocycles. The Morgan fingerprint density at radius 2 is 2.09 bits per heavy atom. The van der Waals surface area contributed by atoms with Gasteiger partial charge in [0.25, 0.3) is 0 Å². The van der Waals surface area contributed by atoms with Crippen LogP contribution < -0.4 is 5.32 Å². The van der Waals surface area contributed by atoms with Crippen molar-refractivity contribution in [3.63, 3.8) is 0 Å². The van der Waals surface area contributed by atoms with Gasteiger partial charge in [0.1, 0.15) is 6.04 Å². The van der Waals surface area contributed by atoms with Gasteiger partial charge in [-0.15, -0.1) is 5.10 Å². The number of carbonyl (C=O) groups is 2. The maximum absolute atomic E-state index is 12.7. The van der Waals surface area contributed by atoms with Crippen LogP contribution in [0.2, 0.25) is 0 Å². The van der Waals surface area contributed by atoms with Crippen LogP contribution in [0.1, 0.15) is 52.3 Å². The molecule has 1 aliphatic heterocycles. The highest BCUT2D eigenvalue weighted by Gasteiger charge is 2.35. The lowest BCUT2D eigenvalue weighted by molar-refractivity contribution is -0.142. The Hall–Kier alpha value is -1.92. The molecule has 2 amide bonds. The molecule has 2 heterocycles. The van der Waals surface area contributed by atoms with Gasteiger partial charge in [0.2, 0.25) is 11.8 Å². The van der Waals surface area contributed by atoms with Crippen LogP contribution in [0.5, 0.6) is 0 Å². The number of nitrogens with one attached hydrogen (secondary N) is 1. The van der Waals surface area contributed by atoms with Crippen molar-refractivity contribution in [2.45, 2.75) is 53.1 Å². The lowest BCUT2D eigenvalue weighted by Crippen LogP contribution is -2.47. The number of amides is 2. The van der Waals surface area contributed by atoms with Crippen LogP contribution in [-0.2, 0) is 16.1 Å². The van der Waals surface area contributed by atoms with Gasteiger partial charge in [-0.3, -0.25) is 9.59 Å². The van der Waals surface area contributed by atoms with Gasteiger partial charge >= 0.3 is 0 Å². The number of nitrogens with zero attached hydrogens (tertiary/aromatic N) is 4. The maximum atomic E-state index is 12.7. The number of rotatable bonds is 7. The summed E-state index contributed by atoms with van der Waals surface area (Å²) in [5.41, 5.74) is 0.880. The van der Waals surface area contributed by atoms with E-state index in [1.807, 2.05) is 0 Å². The lowest BCUT2D eigenvalue weighted by Gasteiger charge is -2.33. The van der Waals surface area contributed by atoms with E-state index in [2.05, 4.69) is 43.3 Å². The molecular weight excluding hydrogens is 294 g/mol. The quantitative estimate of drug-likeness (QED) is 0.822. The molecule has 7 heteroatoms. The Morgan fingerprint density at radius 1 is 1.35 bits per heavy atom. The van der Waals surface area contributed by atoms with E-state index in [0.29, 0.717) is 31.3 Å². The first-order chi connectivity index (χ1) is 10.9. The predicted octanol–water partition coefficient (Wildman–Crippen LogP) is 1.37. The van der Waals surface area contributed by atoms with E-state index in [9.17, 15) is 9.59 Å². The van der Waals surface area contributed by atoms with Gasteiger partial charge in [-0.05, 0) is 24.7 Å². The van der Waals surface area contributed by atoms with E-state index >= 15 is 0 Å². The maximum Gasteiger partial charge on any atom is 0.248 e. The first-order valence-electron chi connectivity index (χ1n) is 8.33. The summed E-state index contributed by atoms with van der Waals surface area (Å²) < 4.78 is 1.70. The zero-order valence-electron chi connectivity index (χ0n) is 14.5. The fourth-order valence-electron chi connectivity index (χ4n) is 2.74. The molecule has 128 valence electrons. The summed E-state index contributed by atoms with van der Waals surface area (Å²) >= 11 is 0. The molecule has 0 saturated carbocycles. The van der Waals surface area contributed by atoms with Crippen LogP contribution >= 0.6 is 0 Å². The Balaban J connectivity index is 2.00. The topological polar surface area (TPSA) is 80.1 Å². The summed E-state index contributed by atoms with van der Waals surface area (Å²) in [6.45, 7) is 9.50. The van der Waals surface area contributed by atoms with E-state index in [0.717, 1.165) is 12.1 Å². The third-order valence-electron chi connectivity index (χ3n) is 3.97. The minimum atomic E-state index is -0.357. The van der Waals surface area contributed by atoms with Crippen LogP contribution in [0.4, 0.5) is 0 Å². The predicted molar refractivity (Wildman–Crippen MR) is 86.4 cm³/mol. The van der Waals surface area contributed by atoms with E-state index in [4.69, 9.17) is 0 Å². The van der Waals surface area contributed by atoms with Crippen LogP contribution in [0.3, 0.4) is 0 Å². The van der Waals surface area contributed by atoms with Crippen LogP contribution in [0.15, 0.2) is 6.20 Å². The third kappa shape index (κ3) is 4.53. The molecule has 0 aliphatic carbocycles. The summed E-state index contributed by atoms with van der Waals surface area (Å²) in [6, 6.07) is -0.357. The number of fused-ring (bicyclic) bond motifs is 1. The Bertz CT molecular complexity index is 552. The highest BCUT2D eigenvalue weighted by Crippen LogP contribution is 2.26. The molecule has 0 radical (unpaired) electrons. The van der Waals surface area contributed by atoms with Crippen molar-refractivity contribution < 1.29 is 9.59 Å². The molecule has 0 spiro atoms. The van der Waals surface area contributed by atoms with Crippen molar-refractivity contribution >= 4 is 11.8 Å². The van der Waals surface area contributed by atoms with Gasteiger partial charge in [0.15, 0.2) is 0 Å². The van der Waals surface area contributed by atoms with E-state index in [1.165, 1.54) is 0 Å². The Morgan fingerprint density at radius 3 is 2.74 bits per heavy atom. The minimum Gasteiger partial charge on any atom is -0.355 e. The number of hydrogen-bond donors (Lipinski definition) is 1. The molecule has 0 fully saturated rings. The molecule has 0 bridgehead atoms. The van der Waals surface area contributed by atoms with Crippen molar-refractivity contribution in [2.75, 3.05) is 13.1 Å². The van der Waals surface area contributed by atoms with Gasteiger partial charge < -0.3 is 10.2 Å². The van der Waals surface area contributed by atoms with Crippen LogP contribution in [0.25, 0.3) is 0 Å². The average molecular weight is 321 g/mol. The smallest absolute Gasteiger partial charge is 0.248 e. The van der Waals surface area contributed by atoms with E-state index in [-0.39, 0.29) is 24.4 Å². The zero-order valence-corrected chi connectivity index (χ0v) is 14.5. The van der Waals surface area contributed by atoms with Crippen molar-refractivity contribution in [1.82, 2.24) is 25.2 Å². The van der Waals surface area contributed by atoms with Gasteiger partial charge in [-0.25, -0.2) is 4.68 Å². The summed E-state index contributed by atoms with van der Waals surface area (Å²) in [5, 5.41) is 10.8. The van der Waals surface area contributed by atoms with Crippen molar-refractivity contribution in [2.24, 2.45) is 11.8 Å². The van der Waals surface area contributed by atoms with Crippen molar-refractivity contribution in [3.8, 4) is 0 Å². The van der Waals surface area contributed by atoms with Crippen molar-refractivity contribution in [3.05, 3.63) is 11.9 Å². The average Bonchev–Trinajstić information content (AvgIpc) is 2.90. The van der Waals surface area contributed by atoms with Gasteiger partial charge in [-0.2, -0.15) is 0 Å². The molecule has 0 saturated heterocycles. The van der Waals surface area contributed by atoms with Gasteiger partial charge in [0, 0.05) is 6.54 Å². The fraction of sp³-hybridized carbons (Fsp3) is 0.750. The third-order valence-corrected chi connectivity index (χ3v) is 3.97. The highest BCUT2D eigenvalue weighted by atomic mass is 16.2. The number of carbonyl (C=O) groups excluding carboxylic acids is 2. The summed E-state index contributed by atoms with van der Waals surface area (Å²) in [6.07, 6.45) is 3.30. The molecule has 1 aromatic rings. The molecule has 2 rings (SSSR count). The first kappa shape index (κ1) is 17.4. The zero-order chi connectivity index (χ0) is 17.0. The summed E-state index contributed by atoms with van der Waals surface area (Å²) in [4.78, 5) is 26.4. The highest BCUT2D eigenvalue weighted by molar-refractivity contribution is 5.87. The van der Waals surface area contributed by atoms with E-state index < -0.39 is 0 Å². The molecule has 1 N–H and O–H groups in total. The monoisotopic (exact) mass is 321 g/mol. The standard InChI is InChI=1S/C16H27N5O2/c1-11(2)5-6-17-15(22)10-20-9-13-8-18-19-21(13)14(16(20)23)7-12(3)4/h8,11-12,14H,5-7,9-10H2,1-4H3,(H,17,22)/t14-/m0/s1. The van der Waals surface area contributed by atoms with Crippen LogP contribution in [-0.4, -0.2) is 44.8 Å². The number of hydrogen-bond acceptors (Lipinski definition) is 4. The Labute approximate surface area is 137 Å². The SMILES string of the molecule is CC(C)CCNC(=O)CN1Cc2cnnn2[C@@H](CC(C)C)C1=O. The second-order valence-electron chi connectivity index (χ2n) is 7.04. The second-order valence-corrected chi connectivity index (χ2v) is 7.04. The van der Waals surface area contributed by atoms with Gasteiger partial charge in [0.05, 0.1) is 25.0 Å². The fourth-order valence-corrected chi connectivity index (χ4v) is 2.74.